The molecule has 0 aliphatic carbocycles. The van der Waals surface area contributed by atoms with E-state index in [1.165, 1.54) is 0 Å². The Morgan fingerprint density at radius 2 is 1.62 bits per heavy atom. The molecule has 3 aromatic carbocycles. The van der Waals surface area contributed by atoms with Crippen molar-refractivity contribution in [2.45, 2.75) is 0 Å². The van der Waals surface area contributed by atoms with Gasteiger partial charge < -0.3 is 29.3 Å². The van der Waals surface area contributed by atoms with Crippen LogP contribution in [0.1, 0.15) is 15.9 Å². The maximum Gasteiger partial charge on any atom is 0.322 e. The highest BCUT2D eigenvalue weighted by atomic mass is 35.5. The third kappa shape index (κ3) is 7.96. The maximum absolute atomic E-state index is 13.5. The van der Waals surface area contributed by atoms with Crippen molar-refractivity contribution in [2.75, 3.05) is 72.5 Å². The summed E-state index contributed by atoms with van der Waals surface area (Å²) in [5.41, 5.74) is 1.99. The van der Waals surface area contributed by atoms with Crippen molar-refractivity contribution >= 4 is 35.3 Å². The van der Waals surface area contributed by atoms with Gasteiger partial charge in [-0.2, -0.15) is 0 Å². The number of nitrogens with one attached hydrogen (secondary N) is 1. The second-order valence-electron chi connectivity index (χ2n) is 9.70. The Bertz CT molecular complexity index is 1390. The predicted molar refractivity (Wildman–Crippen MR) is 166 cm³/mol. The Hall–Kier alpha value is -4.21. The molecular weight excluding hydrogens is 556 g/mol. The summed E-state index contributed by atoms with van der Waals surface area (Å²) in [6.07, 6.45) is 3.92. The lowest BCUT2D eigenvalue weighted by Crippen LogP contribution is -2.51. The average Bonchev–Trinajstić information content (AvgIpc) is 3.03. The number of nitrogens with zero attached hydrogens (tertiary/aromatic N) is 3. The molecule has 0 aromatic heterocycles. The van der Waals surface area contributed by atoms with Crippen molar-refractivity contribution in [3.05, 3.63) is 89.0 Å². The molecule has 0 bridgehead atoms. The van der Waals surface area contributed by atoms with E-state index in [1.54, 1.807) is 61.5 Å². The summed E-state index contributed by atoms with van der Waals surface area (Å²) < 4.78 is 16.1. The molecule has 0 unspecified atom stereocenters. The lowest BCUT2D eigenvalue weighted by molar-refractivity contribution is 0.0739. The molecule has 3 aromatic rings. The van der Waals surface area contributed by atoms with Crippen LogP contribution in [0, 0.1) is 0 Å². The average molecular weight is 593 g/mol. The number of anilines is 1. The number of methoxy groups -OCH3 is 3. The van der Waals surface area contributed by atoms with Crippen molar-refractivity contribution < 1.29 is 23.8 Å². The number of benzene rings is 3. The van der Waals surface area contributed by atoms with Gasteiger partial charge in [0, 0.05) is 57.4 Å². The van der Waals surface area contributed by atoms with Crippen LogP contribution in [-0.2, 0) is 0 Å². The van der Waals surface area contributed by atoms with Gasteiger partial charge in [0.1, 0.15) is 17.2 Å². The highest BCUT2D eigenvalue weighted by Gasteiger charge is 2.24. The van der Waals surface area contributed by atoms with Crippen LogP contribution in [0.25, 0.3) is 6.08 Å². The highest BCUT2D eigenvalue weighted by Crippen LogP contribution is 2.29. The van der Waals surface area contributed by atoms with Crippen molar-refractivity contribution in [1.82, 2.24) is 14.7 Å². The minimum atomic E-state index is -0.185. The Morgan fingerprint density at radius 1 is 0.905 bits per heavy atom. The van der Waals surface area contributed by atoms with Crippen LogP contribution in [0.4, 0.5) is 10.5 Å². The third-order valence-corrected chi connectivity index (χ3v) is 7.48. The number of para-hydroxylation sites is 1. The van der Waals surface area contributed by atoms with Crippen LogP contribution in [0.2, 0.25) is 5.02 Å². The van der Waals surface area contributed by atoms with Crippen molar-refractivity contribution in [3.63, 3.8) is 0 Å². The topological polar surface area (TPSA) is 83.6 Å². The van der Waals surface area contributed by atoms with Gasteiger partial charge in [-0.15, -0.1) is 0 Å². The molecule has 3 amide bonds. The summed E-state index contributed by atoms with van der Waals surface area (Å²) in [5.74, 6) is 1.82. The SMILES string of the molecule is COc1ccc(NC(=O)N2CCN(CCN(C/C=C/c3ccccc3OC)C(=O)c3ccccc3Cl)CC2)c(OC)c1. The van der Waals surface area contributed by atoms with E-state index in [1.807, 2.05) is 48.6 Å². The van der Waals surface area contributed by atoms with Crippen LogP contribution >= 0.6 is 11.6 Å². The molecule has 10 heteroatoms. The number of halogens is 1. The molecule has 1 aliphatic rings. The van der Waals surface area contributed by atoms with Gasteiger partial charge >= 0.3 is 6.03 Å². The van der Waals surface area contributed by atoms with Gasteiger partial charge in [0.05, 0.1) is 37.6 Å². The molecule has 0 atom stereocenters. The number of hydrogen-bond donors (Lipinski definition) is 1. The van der Waals surface area contributed by atoms with E-state index in [2.05, 4.69) is 10.2 Å². The standard InChI is InChI=1S/C32H37ClN4O5/c1-40-25-14-15-28(30(23-25)42-3)34-32(39)37-21-18-35(19-22-37)17-20-36(31(38)26-11-5-6-12-27(26)33)16-8-10-24-9-4-7-13-29(24)41-2/h4-15,23H,16-22H2,1-3H3,(H,34,39)/b10-8+. The zero-order valence-electron chi connectivity index (χ0n) is 24.2. The van der Waals surface area contributed by atoms with E-state index in [4.69, 9.17) is 25.8 Å². The first-order chi connectivity index (χ1) is 20.4. The fraction of sp³-hybridized carbons (Fsp3) is 0.312. The Morgan fingerprint density at radius 3 is 2.33 bits per heavy atom. The number of carbonyl (C=O) groups excluding carboxylic acids is 2. The fourth-order valence-electron chi connectivity index (χ4n) is 4.72. The molecule has 1 fully saturated rings. The molecule has 0 radical (unpaired) electrons. The van der Waals surface area contributed by atoms with Crippen LogP contribution < -0.4 is 19.5 Å². The quantitative estimate of drug-likeness (QED) is 0.322. The first-order valence-electron chi connectivity index (χ1n) is 13.8. The van der Waals surface area contributed by atoms with Gasteiger partial charge in [-0.1, -0.05) is 54.1 Å². The molecule has 1 aliphatic heterocycles. The number of urea groups is 1. The van der Waals surface area contributed by atoms with Crippen LogP contribution in [0.3, 0.4) is 0 Å². The number of rotatable bonds is 11. The van der Waals surface area contributed by atoms with Gasteiger partial charge in [-0.25, -0.2) is 4.79 Å². The third-order valence-electron chi connectivity index (χ3n) is 7.15. The zero-order valence-corrected chi connectivity index (χ0v) is 25.0. The van der Waals surface area contributed by atoms with Crippen LogP contribution in [0.5, 0.6) is 17.2 Å². The van der Waals surface area contributed by atoms with Gasteiger partial charge in [-0.3, -0.25) is 9.69 Å². The summed E-state index contributed by atoms with van der Waals surface area (Å²) in [6.45, 7) is 4.10. The second-order valence-corrected chi connectivity index (χ2v) is 10.1. The predicted octanol–water partition coefficient (Wildman–Crippen LogP) is 5.37. The Kier molecular flexibility index (Phi) is 11.1. The van der Waals surface area contributed by atoms with E-state index in [0.717, 1.165) is 11.3 Å². The van der Waals surface area contributed by atoms with Crippen molar-refractivity contribution in [1.29, 1.82) is 0 Å². The summed E-state index contributed by atoms with van der Waals surface area (Å²) >= 11 is 6.37. The lowest BCUT2D eigenvalue weighted by Gasteiger charge is -2.35. The maximum atomic E-state index is 13.5. The molecule has 42 heavy (non-hydrogen) atoms. The van der Waals surface area contributed by atoms with Gasteiger partial charge in [0.25, 0.3) is 5.91 Å². The van der Waals surface area contributed by atoms with Crippen LogP contribution in [-0.4, -0.2) is 93.8 Å². The zero-order chi connectivity index (χ0) is 29.9. The van der Waals surface area contributed by atoms with Gasteiger partial charge in [-0.05, 0) is 30.3 Å². The summed E-state index contributed by atoms with van der Waals surface area (Å²) in [7, 11) is 4.77. The molecule has 0 saturated carbocycles. The highest BCUT2D eigenvalue weighted by molar-refractivity contribution is 6.33. The molecule has 9 nitrogen and oxygen atoms in total. The summed E-state index contributed by atoms with van der Waals surface area (Å²) in [5, 5.41) is 3.36. The summed E-state index contributed by atoms with van der Waals surface area (Å²) in [6, 6.07) is 19.9. The number of carbonyl (C=O) groups is 2. The van der Waals surface area contributed by atoms with Gasteiger partial charge in [0.15, 0.2) is 0 Å². The van der Waals surface area contributed by atoms with Crippen molar-refractivity contribution in [2.24, 2.45) is 0 Å². The number of ether oxygens (including phenoxy) is 3. The lowest BCUT2D eigenvalue weighted by atomic mass is 10.1. The minimum Gasteiger partial charge on any atom is -0.497 e. The normalized spacial score (nSPS) is 13.6. The van der Waals surface area contributed by atoms with Gasteiger partial charge in [0.2, 0.25) is 0 Å². The Labute approximate surface area is 252 Å². The number of amides is 3. The molecule has 4 rings (SSSR count). The minimum absolute atomic E-state index is 0.128. The van der Waals surface area contributed by atoms with E-state index < -0.39 is 0 Å². The molecule has 222 valence electrons. The van der Waals surface area contributed by atoms with E-state index in [-0.39, 0.29) is 11.9 Å². The number of hydrogen-bond acceptors (Lipinski definition) is 6. The Balaban J connectivity index is 1.35. The summed E-state index contributed by atoms with van der Waals surface area (Å²) in [4.78, 5) is 32.3. The molecule has 1 N–H and O–H groups in total. The monoisotopic (exact) mass is 592 g/mol. The first-order valence-corrected chi connectivity index (χ1v) is 14.1. The molecule has 0 spiro atoms. The largest absolute Gasteiger partial charge is 0.497 e. The molecule has 1 heterocycles. The van der Waals surface area contributed by atoms with E-state index in [0.29, 0.717) is 73.6 Å². The van der Waals surface area contributed by atoms with Crippen LogP contribution in [0.15, 0.2) is 72.8 Å². The fourth-order valence-corrected chi connectivity index (χ4v) is 4.94. The second kappa shape index (κ2) is 15.1. The smallest absolute Gasteiger partial charge is 0.322 e. The van der Waals surface area contributed by atoms with E-state index in [9.17, 15) is 9.59 Å². The first kappa shape index (κ1) is 30.7. The molecular formula is C32H37ClN4O5. The van der Waals surface area contributed by atoms with E-state index >= 15 is 0 Å². The van der Waals surface area contributed by atoms with Crippen molar-refractivity contribution in [3.8, 4) is 17.2 Å². The molecule has 1 saturated heterocycles. The number of piperazine rings is 1.